The predicted molar refractivity (Wildman–Crippen MR) is 74.8 cm³/mol. The number of aryl methyl sites for hydroxylation is 1. The molecule has 1 N–H and O–H groups in total. The van der Waals surface area contributed by atoms with E-state index in [0.29, 0.717) is 24.2 Å². The van der Waals surface area contributed by atoms with Crippen LogP contribution in [-0.2, 0) is 4.79 Å². The highest BCUT2D eigenvalue weighted by Crippen LogP contribution is 2.35. The largest absolute Gasteiger partial charge is 0.511 e. The van der Waals surface area contributed by atoms with Gasteiger partial charge in [-0.15, -0.1) is 0 Å². The number of aliphatic hydroxyl groups is 1. The van der Waals surface area contributed by atoms with Crippen LogP contribution in [0.4, 0.5) is 5.82 Å². The molecule has 0 unspecified atom stereocenters. The van der Waals surface area contributed by atoms with Crippen LogP contribution in [0.25, 0.3) is 0 Å². The van der Waals surface area contributed by atoms with Crippen LogP contribution in [0.15, 0.2) is 34.5 Å². The van der Waals surface area contributed by atoms with Gasteiger partial charge in [-0.25, -0.2) is 9.98 Å². The first-order valence-electron chi connectivity index (χ1n) is 6.30. The summed E-state index contributed by atoms with van der Waals surface area (Å²) in [6.07, 6.45) is 2.36. The minimum absolute atomic E-state index is 0.0647. The Morgan fingerprint density at radius 3 is 2.74 bits per heavy atom. The number of aliphatic hydroxyl groups excluding tert-OH is 1. The molecule has 0 radical (unpaired) electrons. The van der Waals surface area contributed by atoms with Gasteiger partial charge in [0.2, 0.25) is 0 Å². The third-order valence-electron chi connectivity index (χ3n) is 3.10. The highest BCUT2D eigenvalue weighted by atomic mass is 16.3. The molecule has 1 aromatic heterocycles. The van der Waals surface area contributed by atoms with Gasteiger partial charge in [-0.05, 0) is 24.5 Å². The Kier molecular flexibility index (Phi) is 3.51. The molecule has 4 nitrogen and oxygen atoms in total. The molecule has 0 amide bonds. The Labute approximate surface area is 112 Å². The number of aliphatic imine (C=N–C) groups is 1. The number of hydrogen-bond acceptors (Lipinski definition) is 4. The van der Waals surface area contributed by atoms with Crippen LogP contribution in [0.1, 0.15) is 32.4 Å². The molecule has 0 saturated carbocycles. The fraction of sp³-hybridized carbons (Fsp3) is 0.400. The van der Waals surface area contributed by atoms with Gasteiger partial charge in [-0.3, -0.25) is 4.79 Å². The second-order valence-corrected chi connectivity index (χ2v) is 5.70. The minimum Gasteiger partial charge on any atom is -0.511 e. The second kappa shape index (κ2) is 4.96. The molecule has 1 heterocycles. The molecule has 0 spiro atoms. The number of rotatable bonds is 2. The number of aromatic nitrogens is 1. The van der Waals surface area contributed by atoms with Crippen LogP contribution >= 0.6 is 0 Å². The minimum atomic E-state index is -0.180. The SMILES string of the molecule is Cc1cccc(/N=C/C2=C(O)CC(C)(C)CC2=O)n1. The molecule has 0 atom stereocenters. The molecule has 19 heavy (non-hydrogen) atoms. The van der Waals surface area contributed by atoms with Gasteiger partial charge in [0, 0.05) is 24.8 Å². The summed E-state index contributed by atoms with van der Waals surface area (Å²) in [5.41, 5.74) is 0.992. The first-order valence-corrected chi connectivity index (χ1v) is 6.30. The van der Waals surface area contributed by atoms with Gasteiger partial charge >= 0.3 is 0 Å². The van der Waals surface area contributed by atoms with Crippen molar-refractivity contribution in [3.8, 4) is 0 Å². The summed E-state index contributed by atoms with van der Waals surface area (Å²) >= 11 is 0. The second-order valence-electron chi connectivity index (χ2n) is 5.70. The summed E-state index contributed by atoms with van der Waals surface area (Å²) in [4.78, 5) is 20.4. The zero-order chi connectivity index (χ0) is 14.0. The molecule has 1 aliphatic carbocycles. The molecule has 0 aliphatic heterocycles. The average molecular weight is 258 g/mol. The maximum absolute atomic E-state index is 12.0. The van der Waals surface area contributed by atoms with E-state index in [1.807, 2.05) is 32.9 Å². The molecule has 0 saturated heterocycles. The van der Waals surface area contributed by atoms with Gasteiger partial charge in [0.25, 0.3) is 0 Å². The zero-order valence-corrected chi connectivity index (χ0v) is 11.5. The van der Waals surface area contributed by atoms with Gasteiger partial charge in [0.15, 0.2) is 11.6 Å². The van der Waals surface area contributed by atoms with Crippen LogP contribution in [0, 0.1) is 12.3 Å². The number of allylic oxidation sites excluding steroid dienone is 2. The van der Waals surface area contributed by atoms with Crippen LogP contribution in [0.3, 0.4) is 0 Å². The van der Waals surface area contributed by atoms with Crippen molar-refractivity contribution < 1.29 is 9.90 Å². The van der Waals surface area contributed by atoms with E-state index in [2.05, 4.69) is 9.98 Å². The van der Waals surface area contributed by atoms with Crippen molar-refractivity contribution in [3.63, 3.8) is 0 Å². The highest BCUT2D eigenvalue weighted by molar-refractivity contribution is 6.14. The standard InChI is InChI=1S/C15H18N2O2/c1-10-5-4-6-14(17-10)16-9-11-12(18)7-15(2,3)8-13(11)19/h4-6,9,18H,7-8H2,1-3H3/b16-9+. The Hall–Kier alpha value is -1.97. The topological polar surface area (TPSA) is 62.6 Å². The van der Waals surface area contributed by atoms with Crippen molar-refractivity contribution in [1.82, 2.24) is 4.98 Å². The van der Waals surface area contributed by atoms with E-state index < -0.39 is 0 Å². The molecule has 0 fully saturated rings. The molecule has 100 valence electrons. The van der Waals surface area contributed by atoms with Gasteiger partial charge in [0.1, 0.15) is 5.76 Å². The maximum Gasteiger partial charge on any atom is 0.168 e. The van der Waals surface area contributed by atoms with E-state index >= 15 is 0 Å². The maximum atomic E-state index is 12.0. The Morgan fingerprint density at radius 2 is 2.11 bits per heavy atom. The molecular weight excluding hydrogens is 240 g/mol. The van der Waals surface area contributed by atoms with Gasteiger partial charge in [-0.2, -0.15) is 0 Å². The van der Waals surface area contributed by atoms with E-state index in [4.69, 9.17) is 0 Å². The summed E-state index contributed by atoms with van der Waals surface area (Å²) in [7, 11) is 0. The third kappa shape index (κ3) is 3.28. The Bertz CT molecular complexity index is 571. The number of ketones is 1. The van der Waals surface area contributed by atoms with Crippen LogP contribution < -0.4 is 0 Å². The molecule has 1 aromatic rings. The predicted octanol–water partition coefficient (Wildman–Crippen LogP) is 3.29. The van der Waals surface area contributed by atoms with E-state index in [1.54, 1.807) is 6.07 Å². The lowest BCUT2D eigenvalue weighted by Crippen LogP contribution is -2.26. The first kappa shape index (κ1) is 13.5. The monoisotopic (exact) mass is 258 g/mol. The van der Waals surface area contributed by atoms with Crippen molar-refractivity contribution in [2.75, 3.05) is 0 Å². The quantitative estimate of drug-likeness (QED) is 0.828. The van der Waals surface area contributed by atoms with Crippen molar-refractivity contribution in [3.05, 3.63) is 35.2 Å². The van der Waals surface area contributed by atoms with Crippen molar-refractivity contribution >= 4 is 17.8 Å². The number of carbonyl (C=O) groups is 1. The summed E-state index contributed by atoms with van der Waals surface area (Å²) < 4.78 is 0. The summed E-state index contributed by atoms with van der Waals surface area (Å²) in [6.45, 7) is 5.82. The molecule has 0 bridgehead atoms. The Morgan fingerprint density at radius 1 is 1.37 bits per heavy atom. The normalized spacial score (nSPS) is 19.2. The lowest BCUT2D eigenvalue weighted by Gasteiger charge is -2.28. The first-order chi connectivity index (χ1) is 8.87. The molecular formula is C15H18N2O2. The summed E-state index contributed by atoms with van der Waals surface area (Å²) in [5, 5.41) is 9.95. The number of carbonyl (C=O) groups excluding carboxylic acids is 1. The number of pyridine rings is 1. The summed E-state index contributed by atoms with van der Waals surface area (Å²) in [5.74, 6) is 0.598. The van der Waals surface area contributed by atoms with E-state index in [0.717, 1.165) is 5.69 Å². The molecule has 2 rings (SSSR count). The fourth-order valence-corrected chi connectivity index (χ4v) is 2.18. The van der Waals surface area contributed by atoms with Crippen molar-refractivity contribution in [2.45, 2.75) is 33.6 Å². The van der Waals surface area contributed by atoms with Gasteiger partial charge < -0.3 is 5.11 Å². The van der Waals surface area contributed by atoms with Crippen LogP contribution in [-0.4, -0.2) is 22.1 Å². The Balaban J connectivity index is 2.25. The highest BCUT2D eigenvalue weighted by Gasteiger charge is 2.32. The number of hydrogen-bond donors (Lipinski definition) is 1. The zero-order valence-electron chi connectivity index (χ0n) is 11.5. The third-order valence-corrected chi connectivity index (χ3v) is 3.10. The van der Waals surface area contributed by atoms with Crippen molar-refractivity contribution in [1.29, 1.82) is 0 Å². The van der Waals surface area contributed by atoms with Crippen LogP contribution in [0.2, 0.25) is 0 Å². The fourth-order valence-electron chi connectivity index (χ4n) is 2.18. The molecule has 1 aliphatic rings. The lowest BCUT2D eigenvalue weighted by atomic mass is 9.77. The molecule has 0 aromatic carbocycles. The summed E-state index contributed by atoms with van der Waals surface area (Å²) in [6, 6.07) is 5.50. The smallest absolute Gasteiger partial charge is 0.168 e. The van der Waals surface area contributed by atoms with E-state index in [-0.39, 0.29) is 17.0 Å². The lowest BCUT2D eigenvalue weighted by molar-refractivity contribution is -0.117. The van der Waals surface area contributed by atoms with Crippen molar-refractivity contribution in [2.24, 2.45) is 10.4 Å². The van der Waals surface area contributed by atoms with Gasteiger partial charge in [-0.1, -0.05) is 19.9 Å². The molecule has 4 heteroatoms. The van der Waals surface area contributed by atoms with E-state index in [9.17, 15) is 9.90 Å². The average Bonchev–Trinajstić information content (AvgIpc) is 2.26. The van der Waals surface area contributed by atoms with Crippen LogP contribution in [0.5, 0.6) is 0 Å². The van der Waals surface area contributed by atoms with E-state index in [1.165, 1.54) is 6.21 Å². The number of Topliss-reactive ketones (excluding diaryl/α,β-unsaturated/α-hetero) is 1. The number of nitrogens with zero attached hydrogens (tertiary/aromatic N) is 2. The van der Waals surface area contributed by atoms with Gasteiger partial charge in [0.05, 0.1) is 5.57 Å².